The molecule has 1 saturated heterocycles. The number of rotatable bonds is 5. The number of piperidine rings is 1. The van der Waals surface area contributed by atoms with Crippen molar-refractivity contribution in [2.75, 3.05) is 32.8 Å². The average Bonchev–Trinajstić information content (AvgIpc) is 2.68. The Hall–Kier alpha value is -2.14. The molecule has 0 radical (unpaired) electrons. The maximum atomic E-state index is 12.3. The van der Waals surface area contributed by atoms with E-state index in [2.05, 4.69) is 29.6 Å². The van der Waals surface area contributed by atoms with E-state index in [0.717, 1.165) is 37.9 Å². The first-order valence-electron chi connectivity index (χ1n) is 9.09. The molecule has 0 unspecified atom stereocenters. The zero-order valence-electron chi connectivity index (χ0n) is 14.6. The summed E-state index contributed by atoms with van der Waals surface area (Å²) in [6, 6.07) is 10.5. The van der Waals surface area contributed by atoms with Gasteiger partial charge in [-0.1, -0.05) is 36.4 Å². The molecular weight excluding hydrogens is 316 g/mol. The highest BCUT2D eigenvalue weighted by atomic mass is 16.5. The molecule has 1 N–H and O–H groups in total. The van der Waals surface area contributed by atoms with E-state index in [1.54, 1.807) is 6.08 Å². The van der Waals surface area contributed by atoms with E-state index < -0.39 is 0 Å². The third-order valence-corrected chi connectivity index (χ3v) is 4.99. The van der Waals surface area contributed by atoms with Gasteiger partial charge in [0.05, 0.1) is 19.8 Å². The van der Waals surface area contributed by atoms with Crippen LogP contribution in [-0.4, -0.2) is 49.6 Å². The van der Waals surface area contributed by atoms with Crippen LogP contribution in [0.4, 0.5) is 0 Å². The number of ether oxygens (including phenoxy) is 1. The number of benzene rings is 1. The lowest BCUT2D eigenvalue weighted by molar-refractivity contribution is -0.133. The number of carbonyl (C=O) groups is 2. The summed E-state index contributed by atoms with van der Waals surface area (Å²) >= 11 is 0. The zero-order valence-corrected chi connectivity index (χ0v) is 14.6. The Morgan fingerprint density at radius 1 is 1.16 bits per heavy atom. The minimum absolute atomic E-state index is 0.0131. The molecule has 0 aliphatic carbocycles. The molecule has 1 aromatic carbocycles. The highest BCUT2D eigenvalue weighted by molar-refractivity contribution is 5.95. The SMILES string of the molecule is O=C(NCC(=O)N1CCC(Cc2ccccc2)CC1)C1=CCOCC1. The summed E-state index contributed by atoms with van der Waals surface area (Å²) in [5, 5.41) is 2.75. The third-order valence-electron chi connectivity index (χ3n) is 4.99. The summed E-state index contributed by atoms with van der Waals surface area (Å²) < 4.78 is 5.19. The van der Waals surface area contributed by atoms with Crippen LogP contribution in [-0.2, 0) is 20.7 Å². The molecule has 5 nitrogen and oxygen atoms in total. The highest BCUT2D eigenvalue weighted by Crippen LogP contribution is 2.21. The number of hydrogen-bond donors (Lipinski definition) is 1. The summed E-state index contributed by atoms with van der Waals surface area (Å²) in [6.07, 6.45) is 5.53. The lowest BCUT2D eigenvalue weighted by atomic mass is 9.90. The molecule has 0 aromatic heterocycles. The summed E-state index contributed by atoms with van der Waals surface area (Å²) in [6.45, 7) is 2.69. The first kappa shape index (κ1) is 17.7. The zero-order chi connectivity index (χ0) is 17.5. The Kier molecular flexibility index (Phi) is 6.23. The normalized spacial score (nSPS) is 18.6. The van der Waals surface area contributed by atoms with Gasteiger partial charge >= 0.3 is 0 Å². The van der Waals surface area contributed by atoms with Gasteiger partial charge in [0.15, 0.2) is 0 Å². The van der Waals surface area contributed by atoms with Gasteiger partial charge in [0.25, 0.3) is 0 Å². The molecule has 2 aliphatic rings. The van der Waals surface area contributed by atoms with Crippen molar-refractivity contribution < 1.29 is 14.3 Å². The van der Waals surface area contributed by atoms with Gasteiger partial charge in [-0.2, -0.15) is 0 Å². The number of nitrogens with one attached hydrogen (secondary N) is 1. The van der Waals surface area contributed by atoms with E-state index in [-0.39, 0.29) is 18.4 Å². The largest absolute Gasteiger partial charge is 0.377 e. The second-order valence-electron chi connectivity index (χ2n) is 6.75. The quantitative estimate of drug-likeness (QED) is 0.889. The Bertz CT molecular complexity index is 619. The van der Waals surface area contributed by atoms with Crippen LogP contribution in [0.15, 0.2) is 42.0 Å². The predicted molar refractivity (Wildman–Crippen MR) is 96.0 cm³/mol. The van der Waals surface area contributed by atoms with Crippen LogP contribution >= 0.6 is 0 Å². The Labute approximate surface area is 149 Å². The number of hydrogen-bond acceptors (Lipinski definition) is 3. The fraction of sp³-hybridized carbons (Fsp3) is 0.500. The molecule has 2 aliphatic heterocycles. The smallest absolute Gasteiger partial charge is 0.247 e. The van der Waals surface area contributed by atoms with Crippen molar-refractivity contribution in [3.8, 4) is 0 Å². The van der Waals surface area contributed by atoms with Gasteiger partial charge in [-0.15, -0.1) is 0 Å². The van der Waals surface area contributed by atoms with Gasteiger partial charge in [0.2, 0.25) is 11.8 Å². The van der Waals surface area contributed by atoms with Crippen LogP contribution in [0.25, 0.3) is 0 Å². The van der Waals surface area contributed by atoms with Crippen molar-refractivity contribution in [1.82, 2.24) is 10.2 Å². The summed E-state index contributed by atoms with van der Waals surface area (Å²) in [4.78, 5) is 26.2. The van der Waals surface area contributed by atoms with Crippen LogP contribution in [0.5, 0.6) is 0 Å². The van der Waals surface area contributed by atoms with Crippen molar-refractivity contribution in [1.29, 1.82) is 0 Å². The molecule has 1 fully saturated rings. The molecule has 0 bridgehead atoms. The first-order valence-corrected chi connectivity index (χ1v) is 9.09. The van der Waals surface area contributed by atoms with Crippen LogP contribution in [0, 0.1) is 5.92 Å². The molecule has 134 valence electrons. The molecule has 0 spiro atoms. The highest BCUT2D eigenvalue weighted by Gasteiger charge is 2.23. The van der Waals surface area contributed by atoms with Crippen molar-refractivity contribution in [3.05, 3.63) is 47.5 Å². The minimum atomic E-state index is -0.143. The number of amides is 2. The van der Waals surface area contributed by atoms with Crippen LogP contribution < -0.4 is 5.32 Å². The van der Waals surface area contributed by atoms with Crippen molar-refractivity contribution in [3.63, 3.8) is 0 Å². The second-order valence-corrected chi connectivity index (χ2v) is 6.75. The van der Waals surface area contributed by atoms with Crippen molar-refractivity contribution in [2.24, 2.45) is 5.92 Å². The molecule has 1 aromatic rings. The molecule has 2 heterocycles. The lowest BCUT2D eigenvalue weighted by Crippen LogP contribution is -2.44. The maximum absolute atomic E-state index is 12.3. The van der Waals surface area contributed by atoms with Crippen molar-refractivity contribution in [2.45, 2.75) is 25.7 Å². The van der Waals surface area contributed by atoms with Gasteiger partial charge in [-0.25, -0.2) is 0 Å². The number of carbonyl (C=O) groups excluding carboxylic acids is 2. The molecule has 2 amide bonds. The molecule has 0 saturated carbocycles. The summed E-state index contributed by atoms with van der Waals surface area (Å²) in [7, 11) is 0. The van der Waals surface area contributed by atoms with E-state index in [0.29, 0.717) is 25.6 Å². The van der Waals surface area contributed by atoms with Crippen LogP contribution in [0.1, 0.15) is 24.8 Å². The Morgan fingerprint density at radius 3 is 2.60 bits per heavy atom. The average molecular weight is 342 g/mol. The standard InChI is InChI=1S/C20H26N2O3/c23-19(15-21-20(24)18-8-12-25-13-9-18)22-10-6-17(7-11-22)14-16-4-2-1-3-5-16/h1-5,8,17H,6-7,9-15H2,(H,21,24). The number of nitrogens with zero attached hydrogens (tertiary/aromatic N) is 1. The fourth-order valence-electron chi connectivity index (χ4n) is 3.45. The van der Waals surface area contributed by atoms with Crippen molar-refractivity contribution >= 4 is 11.8 Å². The van der Waals surface area contributed by atoms with E-state index in [4.69, 9.17) is 4.74 Å². The molecule has 3 rings (SSSR count). The van der Waals surface area contributed by atoms with E-state index in [1.165, 1.54) is 5.56 Å². The Balaban J connectivity index is 1.39. The molecule has 25 heavy (non-hydrogen) atoms. The van der Waals surface area contributed by atoms with Gasteiger partial charge in [0, 0.05) is 25.1 Å². The topological polar surface area (TPSA) is 58.6 Å². The summed E-state index contributed by atoms with van der Waals surface area (Å²) in [5.41, 5.74) is 2.09. The van der Waals surface area contributed by atoms with Crippen LogP contribution in [0.2, 0.25) is 0 Å². The molecule has 0 atom stereocenters. The van der Waals surface area contributed by atoms with E-state index in [1.807, 2.05) is 11.0 Å². The summed E-state index contributed by atoms with van der Waals surface area (Å²) in [5.74, 6) is 0.503. The predicted octanol–water partition coefficient (Wildman–Crippen LogP) is 1.93. The van der Waals surface area contributed by atoms with Gasteiger partial charge in [0.1, 0.15) is 0 Å². The van der Waals surface area contributed by atoms with Gasteiger partial charge < -0.3 is 15.0 Å². The van der Waals surface area contributed by atoms with E-state index >= 15 is 0 Å². The first-order chi connectivity index (χ1) is 12.2. The molecular formula is C20H26N2O3. The number of likely N-dealkylation sites (tertiary alicyclic amines) is 1. The lowest BCUT2D eigenvalue weighted by Gasteiger charge is -2.32. The fourth-order valence-corrected chi connectivity index (χ4v) is 3.45. The van der Waals surface area contributed by atoms with Gasteiger partial charge in [-0.05, 0) is 30.7 Å². The third kappa shape index (κ3) is 5.16. The minimum Gasteiger partial charge on any atom is -0.377 e. The Morgan fingerprint density at radius 2 is 1.92 bits per heavy atom. The van der Waals surface area contributed by atoms with Gasteiger partial charge in [-0.3, -0.25) is 9.59 Å². The monoisotopic (exact) mass is 342 g/mol. The maximum Gasteiger partial charge on any atom is 0.247 e. The van der Waals surface area contributed by atoms with E-state index in [9.17, 15) is 9.59 Å². The molecule has 5 heteroatoms. The second kappa shape index (κ2) is 8.81. The van der Waals surface area contributed by atoms with Crippen LogP contribution in [0.3, 0.4) is 0 Å².